The predicted molar refractivity (Wildman–Crippen MR) is 67.1 cm³/mol. The van der Waals surface area contributed by atoms with E-state index in [1.165, 1.54) is 0 Å². The Morgan fingerprint density at radius 1 is 1.41 bits per heavy atom. The average molecular weight is 260 g/mol. The molecule has 6 nitrogen and oxygen atoms in total. The van der Waals surface area contributed by atoms with E-state index in [2.05, 4.69) is 22.1 Å². The molecule has 0 aromatic carbocycles. The second-order valence-electron chi connectivity index (χ2n) is 3.95. The number of hydrogen-bond donors (Lipinski definition) is 2. The summed E-state index contributed by atoms with van der Waals surface area (Å²) in [6.45, 7) is 4.75. The molecule has 1 heterocycles. The minimum absolute atomic E-state index is 0.405. The Bertz CT molecular complexity index is 427. The van der Waals surface area contributed by atoms with Crippen molar-refractivity contribution in [3.63, 3.8) is 0 Å². The Balaban J connectivity index is 2.17. The van der Waals surface area contributed by atoms with Crippen molar-refractivity contribution in [1.29, 1.82) is 0 Å². The van der Waals surface area contributed by atoms with Gasteiger partial charge in [-0.05, 0) is 6.42 Å². The van der Waals surface area contributed by atoms with Crippen LogP contribution in [0.3, 0.4) is 0 Å². The zero-order chi connectivity index (χ0) is 12.7. The van der Waals surface area contributed by atoms with Crippen LogP contribution in [0.25, 0.3) is 0 Å². The summed E-state index contributed by atoms with van der Waals surface area (Å²) >= 11 is 0. The maximum atomic E-state index is 10.8. The van der Waals surface area contributed by atoms with Crippen molar-refractivity contribution in [3.8, 4) is 0 Å². The molecule has 1 aromatic rings. The molecular weight excluding hydrogens is 240 g/mol. The Kier molecular flexibility index (Phi) is 5.60. The van der Waals surface area contributed by atoms with Gasteiger partial charge in [-0.1, -0.05) is 6.92 Å². The molecule has 1 aromatic heterocycles. The van der Waals surface area contributed by atoms with Gasteiger partial charge in [-0.3, -0.25) is 4.68 Å². The van der Waals surface area contributed by atoms with Crippen molar-refractivity contribution < 1.29 is 8.42 Å². The number of nitrogens with one attached hydrogen (secondary N) is 2. The van der Waals surface area contributed by atoms with Gasteiger partial charge in [0.05, 0.1) is 12.5 Å². The lowest BCUT2D eigenvalue weighted by Crippen LogP contribution is -2.30. The van der Waals surface area contributed by atoms with Gasteiger partial charge in [0, 0.05) is 37.9 Å². The molecule has 0 saturated carbocycles. The monoisotopic (exact) mass is 260 g/mol. The van der Waals surface area contributed by atoms with E-state index in [0.29, 0.717) is 19.6 Å². The molecule has 2 N–H and O–H groups in total. The van der Waals surface area contributed by atoms with Crippen LogP contribution in [-0.4, -0.2) is 37.5 Å². The maximum absolute atomic E-state index is 10.8. The first-order valence-corrected chi connectivity index (χ1v) is 7.57. The molecule has 1 rings (SSSR count). The highest BCUT2D eigenvalue weighted by atomic mass is 32.2. The SMILES string of the molecule is CCCn1cc(CNCCNS(C)(=O)=O)cn1. The molecule has 0 unspecified atom stereocenters. The summed E-state index contributed by atoms with van der Waals surface area (Å²) in [6.07, 6.45) is 6.04. The van der Waals surface area contributed by atoms with Crippen molar-refractivity contribution in [2.24, 2.45) is 0 Å². The molecule has 0 aliphatic carbocycles. The summed E-state index contributed by atoms with van der Waals surface area (Å²) < 4.78 is 25.9. The van der Waals surface area contributed by atoms with Crippen molar-refractivity contribution >= 4 is 10.0 Å². The van der Waals surface area contributed by atoms with Crippen LogP contribution in [-0.2, 0) is 23.1 Å². The molecule has 0 aliphatic heterocycles. The Morgan fingerprint density at radius 2 is 2.18 bits per heavy atom. The summed E-state index contributed by atoms with van der Waals surface area (Å²) in [5.41, 5.74) is 1.11. The van der Waals surface area contributed by atoms with Gasteiger partial charge in [-0.25, -0.2) is 13.1 Å². The van der Waals surface area contributed by atoms with Crippen LogP contribution < -0.4 is 10.0 Å². The largest absolute Gasteiger partial charge is 0.311 e. The number of aromatic nitrogens is 2. The van der Waals surface area contributed by atoms with Gasteiger partial charge in [0.1, 0.15) is 0 Å². The molecule has 0 amide bonds. The molecular formula is C10H20N4O2S. The molecule has 0 radical (unpaired) electrons. The van der Waals surface area contributed by atoms with Gasteiger partial charge in [-0.2, -0.15) is 5.10 Å². The molecule has 17 heavy (non-hydrogen) atoms. The zero-order valence-electron chi connectivity index (χ0n) is 10.3. The fraction of sp³-hybridized carbons (Fsp3) is 0.700. The minimum Gasteiger partial charge on any atom is -0.311 e. The number of aryl methyl sites for hydroxylation is 1. The van der Waals surface area contributed by atoms with Crippen molar-refractivity contribution in [2.75, 3.05) is 19.3 Å². The maximum Gasteiger partial charge on any atom is 0.208 e. The summed E-state index contributed by atoms with van der Waals surface area (Å²) in [5, 5.41) is 7.36. The van der Waals surface area contributed by atoms with Gasteiger partial charge in [-0.15, -0.1) is 0 Å². The van der Waals surface area contributed by atoms with Crippen LogP contribution in [0.4, 0.5) is 0 Å². The van der Waals surface area contributed by atoms with Gasteiger partial charge in [0.2, 0.25) is 10.0 Å². The Hall–Kier alpha value is -0.920. The number of rotatable bonds is 8. The Morgan fingerprint density at radius 3 is 2.82 bits per heavy atom. The smallest absolute Gasteiger partial charge is 0.208 e. The van der Waals surface area contributed by atoms with Crippen molar-refractivity contribution in [1.82, 2.24) is 19.8 Å². The first-order chi connectivity index (χ1) is 8.01. The number of nitrogens with zero attached hydrogens (tertiary/aromatic N) is 2. The van der Waals surface area contributed by atoms with Crippen LogP contribution in [0.5, 0.6) is 0 Å². The second kappa shape index (κ2) is 6.73. The van der Waals surface area contributed by atoms with Gasteiger partial charge in [0.25, 0.3) is 0 Å². The van der Waals surface area contributed by atoms with E-state index in [1.807, 2.05) is 17.1 Å². The van der Waals surface area contributed by atoms with Crippen LogP contribution in [0.1, 0.15) is 18.9 Å². The van der Waals surface area contributed by atoms with Crippen LogP contribution in [0.15, 0.2) is 12.4 Å². The summed E-state index contributed by atoms with van der Waals surface area (Å²) in [4.78, 5) is 0. The molecule has 0 fully saturated rings. The molecule has 0 bridgehead atoms. The Labute approximate surface area is 102 Å². The predicted octanol–water partition coefficient (Wildman–Crippen LogP) is -0.0681. The van der Waals surface area contributed by atoms with E-state index in [1.54, 1.807) is 0 Å². The van der Waals surface area contributed by atoms with Crippen LogP contribution in [0, 0.1) is 0 Å². The van der Waals surface area contributed by atoms with Gasteiger partial charge < -0.3 is 5.32 Å². The lowest BCUT2D eigenvalue weighted by Gasteiger charge is -2.03. The third-order valence-electron chi connectivity index (χ3n) is 2.13. The molecule has 0 spiro atoms. The zero-order valence-corrected chi connectivity index (χ0v) is 11.1. The lowest BCUT2D eigenvalue weighted by molar-refractivity contribution is 0.581. The van der Waals surface area contributed by atoms with E-state index >= 15 is 0 Å². The lowest BCUT2D eigenvalue weighted by atomic mass is 10.3. The molecule has 7 heteroatoms. The normalized spacial score (nSPS) is 11.9. The van der Waals surface area contributed by atoms with Crippen molar-refractivity contribution in [2.45, 2.75) is 26.4 Å². The third kappa shape index (κ3) is 6.40. The first kappa shape index (κ1) is 14.1. The second-order valence-corrected chi connectivity index (χ2v) is 5.79. The average Bonchev–Trinajstić information content (AvgIpc) is 2.64. The number of hydrogen-bond acceptors (Lipinski definition) is 4. The van der Waals surface area contributed by atoms with Crippen LogP contribution >= 0.6 is 0 Å². The van der Waals surface area contributed by atoms with Crippen molar-refractivity contribution in [3.05, 3.63) is 18.0 Å². The van der Waals surface area contributed by atoms with E-state index in [0.717, 1.165) is 24.8 Å². The summed E-state index contributed by atoms with van der Waals surface area (Å²) in [6, 6.07) is 0. The highest BCUT2D eigenvalue weighted by Gasteiger charge is 2.00. The molecule has 98 valence electrons. The van der Waals surface area contributed by atoms with E-state index in [-0.39, 0.29) is 0 Å². The summed E-state index contributed by atoms with van der Waals surface area (Å²) in [7, 11) is -3.08. The molecule has 0 atom stereocenters. The number of sulfonamides is 1. The molecule has 0 saturated heterocycles. The fourth-order valence-corrected chi connectivity index (χ4v) is 1.88. The van der Waals surface area contributed by atoms with Gasteiger partial charge >= 0.3 is 0 Å². The highest BCUT2D eigenvalue weighted by molar-refractivity contribution is 7.88. The standard InChI is InChI=1S/C10H20N4O2S/c1-3-6-14-9-10(8-12-14)7-11-4-5-13-17(2,15)16/h8-9,11,13H,3-7H2,1-2H3. The topological polar surface area (TPSA) is 76.0 Å². The van der Waals surface area contributed by atoms with Crippen LogP contribution in [0.2, 0.25) is 0 Å². The molecule has 0 aliphatic rings. The fourth-order valence-electron chi connectivity index (χ4n) is 1.41. The van der Waals surface area contributed by atoms with E-state index in [4.69, 9.17) is 0 Å². The minimum atomic E-state index is -3.08. The summed E-state index contributed by atoms with van der Waals surface area (Å²) in [5.74, 6) is 0. The van der Waals surface area contributed by atoms with Gasteiger partial charge in [0.15, 0.2) is 0 Å². The quantitative estimate of drug-likeness (QED) is 0.642. The van der Waals surface area contributed by atoms with E-state index < -0.39 is 10.0 Å². The highest BCUT2D eigenvalue weighted by Crippen LogP contribution is 1.97. The van der Waals surface area contributed by atoms with E-state index in [9.17, 15) is 8.42 Å². The third-order valence-corrected chi connectivity index (χ3v) is 2.86. The first-order valence-electron chi connectivity index (χ1n) is 5.68.